The van der Waals surface area contributed by atoms with Crippen molar-refractivity contribution in [3.05, 3.63) is 34.2 Å². The predicted octanol–water partition coefficient (Wildman–Crippen LogP) is 3.63. The first-order valence-electron chi connectivity index (χ1n) is 6.35. The molecular weight excluding hydrogens is 301 g/mol. The Morgan fingerprint density at radius 3 is 2.62 bits per heavy atom. The van der Waals surface area contributed by atoms with Crippen LogP contribution in [0.25, 0.3) is 0 Å². The smallest absolute Gasteiger partial charge is 0.357 e. The van der Waals surface area contributed by atoms with E-state index in [1.165, 1.54) is 7.05 Å². The van der Waals surface area contributed by atoms with Gasteiger partial charge in [0.1, 0.15) is 5.82 Å². The van der Waals surface area contributed by atoms with E-state index in [9.17, 15) is 13.2 Å². The number of halogens is 3. The van der Waals surface area contributed by atoms with Crippen molar-refractivity contribution in [3.8, 4) is 0 Å². The number of anilines is 2. The molecule has 2 rings (SSSR count). The molecule has 2 aromatic rings. The van der Waals surface area contributed by atoms with Crippen LogP contribution in [0.4, 0.5) is 24.9 Å². The summed E-state index contributed by atoms with van der Waals surface area (Å²) in [4.78, 5) is 10.4. The first-order valence-corrected chi connectivity index (χ1v) is 7.23. The van der Waals surface area contributed by atoms with E-state index < -0.39 is 11.9 Å². The lowest BCUT2D eigenvalue weighted by Crippen LogP contribution is -2.24. The Morgan fingerprint density at radius 2 is 2.10 bits per heavy atom. The Hall–Kier alpha value is -1.83. The Bertz CT molecular complexity index is 584. The third kappa shape index (κ3) is 3.84. The quantitative estimate of drug-likeness (QED) is 0.914. The first kappa shape index (κ1) is 15.6. The fraction of sp³-hybridized carbons (Fsp3) is 0.385. The number of rotatable bonds is 5. The summed E-state index contributed by atoms with van der Waals surface area (Å²) in [6.45, 7) is 2.95. The normalized spacial score (nSPS) is 11.5. The number of hydrogen-bond donors (Lipinski definition) is 1. The summed E-state index contributed by atoms with van der Waals surface area (Å²) in [7, 11) is 1.49. The standard InChI is InChI=1S/C13H15F3N4S/c1-3-20(8-9-5-4-6-21-9)11-7-10(13(14,15)16)18-12(17-2)19-11/h4-7H,3,8H2,1-2H3,(H,17,18,19). The highest BCUT2D eigenvalue weighted by Crippen LogP contribution is 2.31. The third-order valence-electron chi connectivity index (χ3n) is 2.86. The third-order valence-corrected chi connectivity index (χ3v) is 3.72. The number of nitrogens with one attached hydrogen (secondary N) is 1. The van der Waals surface area contributed by atoms with Gasteiger partial charge < -0.3 is 10.2 Å². The van der Waals surface area contributed by atoms with Crippen LogP contribution in [0, 0.1) is 0 Å². The fourth-order valence-electron chi connectivity index (χ4n) is 1.80. The summed E-state index contributed by atoms with van der Waals surface area (Å²) in [5.74, 6) is 0.224. The molecule has 0 unspecified atom stereocenters. The molecule has 4 nitrogen and oxygen atoms in total. The molecule has 114 valence electrons. The van der Waals surface area contributed by atoms with Crippen molar-refractivity contribution < 1.29 is 13.2 Å². The lowest BCUT2D eigenvalue weighted by atomic mass is 10.3. The van der Waals surface area contributed by atoms with Crippen molar-refractivity contribution in [2.75, 3.05) is 23.8 Å². The molecule has 1 N–H and O–H groups in total. The van der Waals surface area contributed by atoms with Gasteiger partial charge in [0.05, 0.1) is 6.54 Å². The number of alkyl halides is 3. The summed E-state index contributed by atoms with van der Waals surface area (Å²) < 4.78 is 38.7. The molecule has 0 saturated carbocycles. The highest BCUT2D eigenvalue weighted by atomic mass is 32.1. The zero-order valence-electron chi connectivity index (χ0n) is 11.6. The van der Waals surface area contributed by atoms with Crippen molar-refractivity contribution in [2.45, 2.75) is 19.6 Å². The van der Waals surface area contributed by atoms with E-state index in [0.29, 0.717) is 13.1 Å². The van der Waals surface area contributed by atoms with Crippen molar-refractivity contribution in [1.82, 2.24) is 9.97 Å². The minimum absolute atomic E-state index is 0.0375. The topological polar surface area (TPSA) is 41.1 Å². The van der Waals surface area contributed by atoms with E-state index >= 15 is 0 Å². The van der Waals surface area contributed by atoms with E-state index in [0.717, 1.165) is 10.9 Å². The maximum Gasteiger partial charge on any atom is 0.433 e. The molecule has 2 heterocycles. The van der Waals surface area contributed by atoms with Crippen LogP contribution in [0.2, 0.25) is 0 Å². The van der Waals surface area contributed by atoms with E-state index in [2.05, 4.69) is 15.3 Å². The van der Waals surface area contributed by atoms with E-state index in [4.69, 9.17) is 0 Å². The minimum Gasteiger partial charge on any atom is -0.357 e. The van der Waals surface area contributed by atoms with Gasteiger partial charge in [-0.15, -0.1) is 11.3 Å². The zero-order valence-corrected chi connectivity index (χ0v) is 12.4. The van der Waals surface area contributed by atoms with Crippen LogP contribution in [-0.2, 0) is 12.7 Å². The van der Waals surface area contributed by atoms with Crippen molar-refractivity contribution >= 4 is 23.1 Å². The zero-order chi connectivity index (χ0) is 15.5. The van der Waals surface area contributed by atoms with Crippen LogP contribution in [-0.4, -0.2) is 23.6 Å². The van der Waals surface area contributed by atoms with Gasteiger partial charge in [-0.2, -0.15) is 18.2 Å². The molecule has 0 bridgehead atoms. The summed E-state index contributed by atoms with van der Waals surface area (Å²) in [5.41, 5.74) is -0.943. The molecule has 0 atom stereocenters. The molecule has 0 amide bonds. The van der Waals surface area contributed by atoms with Gasteiger partial charge in [-0.25, -0.2) is 4.98 Å². The van der Waals surface area contributed by atoms with E-state index in [1.54, 1.807) is 16.2 Å². The van der Waals surface area contributed by atoms with Gasteiger partial charge in [0, 0.05) is 24.5 Å². The van der Waals surface area contributed by atoms with Crippen molar-refractivity contribution in [2.24, 2.45) is 0 Å². The van der Waals surface area contributed by atoms with Gasteiger partial charge in [0.25, 0.3) is 0 Å². The highest BCUT2D eigenvalue weighted by molar-refractivity contribution is 7.09. The number of hydrogen-bond acceptors (Lipinski definition) is 5. The molecule has 0 aliphatic carbocycles. The largest absolute Gasteiger partial charge is 0.433 e. The first-order chi connectivity index (χ1) is 9.94. The van der Waals surface area contributed by atoms with Crippen LogP contribution < -0.4 is 10.2 Å². The number of aromatic nitrogens is 2. The second kappa shape index (κ2) is 6.30. The van der Waals surface area contributed by atoms with Crippen LogP contribution in [0.5, 0.6) is 0 Å². The van der Waals surface area contributed by atoms with Crippen molar-refractivity contribution in [3.63, 3.8) is 0 Å². The lowest BCUT2D eigenvalue weighted by molar-refractivity contribution is -0.141. The van der Waals surface area contributed by atoms with Gasteiger partial charge in [0.15, 0.2) is 5.69 Å². The fourth-order valence-corrected chi connectivity index (χ4v) is 2.52. The molecule has 0 spiro atoms. The Kier molecular flexibility index (Phi) is 4.66. The molecular formula is C13H15F3N4S. The Balaban J connectivity index is 2.35. The highest BCUT2D eigenvalue weighted by Gasteiger charge is 2.34. The monoisotopic (exact) mass is 316 g/mol. The predicted molar refractivity (Wildman–Crippen MR) is 77.6 cm³/mol. The molecule has 2 aromatic heterocycles. The summed E-state index contributed by atoms with van der Waals surface area (Å²) in [6, 6.07) is 4.84. The molecule has 0 aliphatic heterocycles. The number of thiophene rings is 1. The van der Waals surface area contributed by atoms with Crippen LogP contribution in [0.3, 0.4) is 0 Å². The van der Waals surface area contributed by atoms with Gasteiger partial charge in [0.2, 0.25) is 5.95 Å². The summed E-state index contributed by atoms with van der Waals surface area (Å²) in [6.07, 6.45) is -4.49. The molecule has 0 radical (unpaired) electrons. The maximum atomic E-state index is 12.9. The van der Waals surface area contributed by atoms with Gasteiger partial charge in [-0.05, 0) is 18.4 Å². The average molecular weight is 316 g/mol. The van der Waals surface area contributed by atoms with Gasteiger partial charge in [-0.3, -0.25) is 0 Å². The Labute approximate surface area is 124 Å². The summed E-state index contributed by atoms with van der Waals surface area (Å²) in [5, 5.41) is 4.51. The minimum atomic E-state index is -4.49. The van der Waals surface area contributed by atoms with Crippen LogP contribution in [0.15, 0.2) is 23.6 Å². The van der Waals surface area contributed by atoms with Gasteiger partial charge >= 0.3 is 6.18 Å². The lowest BCUT2D eigenvalue weighted by Gasteiger charge is -2.22. The molecule has 0 saturated heterocycles. The Morgan fingerprint density at radius 1 is 1.33 bits per heavy atom. The average Bonchev–Trinajstić information content (AvgIpc) is 2.96. The number of nitrogens with zero attached hydrogens (tertiary/aromatic N) is 3. The summed E-state index contributed by atoms with van der Waals surface area (Å²) >= 11 is 1.56. The second-order valence-electron chi connectivity index (χ2n) is 4.28. The molecule has 0 aromatic carbocycles. The molecule has 0 aliphatic rings. The van der Waals surface area contributed by atoms with Crippen LogP contribution >= 0.6 is 11.3 Å². The van der Waals surface area contributed by atoms with E-state index in [-0.39, 0.29) is 11.8 Å². The van der Waals surface area contributed by atoms with E-state index in [1.807, 2.05) is 24.4 Å². The second-order valence-corrected chi connectivity index (χ2v) is 5.31. The van der Waals surface area contributed by atoms with Crippen LogP contribution in [0.1, 0.15) is 17.5 Å². The SMILES string of the molecule is CCN(Cc1cccs1)c1cc(C(F)(F)F)nc(NC)n1. The van der Waals surface area contributed by atoms with Gasteiger partial charge in [-0.1, -0.05) is 6.07 Å². The maximum absolute atomic E-state index is 12.9. The molecule has 8 heteroatoms. The van der Waals surface area contributed by atoms with Crippen molar-refractivity contribution in [1.29, 1.82) is 0 Å². The molecule has 0 fully saturated rings. The molecule has 21 heavy (non-hydrogen) atoms.